The molecule has 24 heavy (non-hydrogen) atoms. The molecule has 0 radical (unpaired) electrons. The molecule has 2 fully saturated rings. The Balaban J connectivity index is 1.50. The number of hydrogen-bond donors (Lipinski definition) is 1. The maximum Gasteiger partial charge on any atom is 0.242 e. The summed E-state index contributed by atoms with van der Waals surface area (Å²) >= 11 is 0. The molecule has 1 aromatic heterocycles. The van der Waals surface area contributed by atoms with Crippen molar-refractivity contribution in [3.8, 4) is 0 Å². The van der Waals surface area contributed by atoms with Gasteiger partial charge in [0.05, 0.1) is 0 Å². The molecule has 1 amide bonds. The Labute approximate surface area is 142 Å². The van der Waals surface area contributed by atoms with Crippen LogP contribution in [0.15, 0.2) is 42.6 Å². The third-order valence-electron chi connectivity index (χ3n) is 4.67. The van der Waals surface area contributed by atoms with E-state index in [9.17, 15) is 4.79 Å². The van der Waals surface area contributed by atoms with Crippen LogP contribution in [0.4, 0.5) is 5.82 Å². The van der Waals surface area contributed by atoms with Gasteiger partial charge in [-0.15, -0.1) is 0 Å². The van der Waals surface area contributed by atoms with Gasteiger partial charge in [0.15, 0.2) is 0 Å². The van der Waals surface area contributed by atoms with E-state index in [1.165, 1.54) is 5.56 Å². The molecule has 1 saturated carbocycles. The van der Waals surface area contributed by atoms with E-state index >= 15 is 0 Å². The quantitative estimate of drug-likeness (QED) is 0.918. The van der Waals surface area contributed by atoms with Crippen LogP contribution < -0.4 is 10.2 Å². The number of rotatable bonds is 5. The first kappa shape index (κ1) is 15.1. The van der Waals surface area contributed by atoms with E-state index < -0.39 is 0 Å². The Bertz CT molecular complexity index is 714. The van der Waals surface area contributed by atoms with Gasteiger partial charge < -0.3 is 10.2 Å². The Hall–Kier alpha value is -2.43. The Morgan fingerprint density at radius 2 is 2.00 bits per heavy atom. The van der Waals surface area contributed by atoms with Crippen LogP contribution in [-0.2, 0) is 11.2 Å². The van der Waals surface area contributed by atoms with E-state index in [0.717, 1.165) is 43.9 Å². The summed E-state index contributed by atoms with van der Waals surface area (Å²) in [6.45, 7) is 0.880. The van der Waals surface area contributed by atoms with Crippen LogP contribution in [0.1, 0.15) is 37.1 Å². The van der Waals surface area contributed by atoms with Crippen molar-refractivity contribution in [1.82, 2.24) is 15.3 Å². The molecule has 1 aromatic carbocycles. The van der Waals surface area contributed by atoms with E-state index in [-0.39, 0.29) is 11.9 Å². The Morgan fingerprint density at radius 3 is 2.79 bits per heavy atom. The maximum atomic E-state index is 12.5. The van der Waals surface area contributed by atoms with Gasteiger partial charge in [0, 0.05) is 25.2 Å². The van der Waals surface area contributed by atoms with Gasteiger partial charge in [-0.25, -0.2) is 9.97 Å². The largest absolute Gasteiger partial charge is 0.352 e. The zero-order chi connectivity index (χ0) is 16.4. The van der Waals surface area contributed by atoms with Crippen LogP contribution in [0, 0.1) is 0 Å². The predicted octanol–water partition coefficient (Wildman–Crippen LogP) is 2.31. The number of anilines is 1. The molecular formula is C19H22N4O. The number of aromatic nitrogens is 2. The lowest BCUT2D eigenvalue weighted by Gasteiger charge is -2.25. The minimum absolute atomic E-state index is 0.0925. The van der Waals surface area contributed by atoms with Crippen molar-refractivity contribution in [2.75, 3.05) is 11.4 Å². The molecular weight excluding hydrogens is 300 g/mol. The highest BCUT2D eigenvalue weighted by Gasteiger charge is 2.34. The molecule has 5 heteroatoms. The van der Waals surface area contributed by atoms with Crippen LogP contribution in [0.3, 0.4) is 0 Å². The smallest absolute Gasteiger partial charge is 0.242 e. The van der Waals surface area contributed by atoms with Gasteiger partial charge in [0.2, 0.25) is 5.91 Å². The van der Waals surface area contributed by atoms with Crippen molar-refractivity contribution >= 4 is 11.7 Å². The summed E-state index contributed by atoms with van der Waals surface area (Å²) in [6.07, 6.45) is 6.67. The van der Waals surface area contributed by atoms with Crippen molar-refractivity contribution in [3.63, 3.8) is 0 Å². The number of carbonyl (C=O) groups is 1. The zero-order valence-corrected chi connectivity index (χ0v) is 13.7. The monoisotopic (exact) mass is 322 g/mol. The van der Waals surface area contributed by atoms with Gasteiger partial charge in [0.1, 0.15) is 17.7 Å². The fourth-order valence-corrected chi connectivity index (χ4v) is 3.25. The summed E-state index contributed by atoms with van der Waals surface area (Å²) < 4.78 is 0. The van der Waals surface area contributed by atoms with Crippen LogP contribution >= 0.6 is 0 Å². The topological polar surface area (TPSA) is 58.1 Å². The average molecular weight is 322 g/mol. The van der Waals surface area contributed by atoms with E-state index in [2.05, 4.69) is 27.3 Å². The highest BCUT2D eigenvalue weighted by Crippen LogP contribution is 2.26. The van der Waals surface area contributed by atoms with Crippen LogP contribution in [0.5, 0.6) is 0 Å². The molecule has 1 saturated heterocycles. The molecule has 1 aliphatic heterocycles. The number of amides is 1. The number of carbonyl (C=O) groups excluding carboxylic acids is 1. The second kappa shape index (κ2) is 6.59. The molecule has 0 spiro atoms. The molecule has 4 rings (SSSR count). The molecule has 1 unspecified atom stereocenters. The van der Waals surface area contributed by atoms with Crippen molar-refractivity contribution in [3.05, 3.63) is 54.0 Å². The number of nitrogens with one attached hydrogen (secondary N) is 1. The lowest BCUT2D eigenvalue weighted by Crippen LogP contribution is -2.44. The molecule has 2 heterocycles. The maximum absolute atomic E-state index is 12.5. The fraction of sp³-hybridized carbons (Fsp3) is 0.421. The van der Waals surface area contributed by atoms with Gasteiger partial charge in [-0.2, -0.15) is 0 Å². The third kappa shape index (κ3) is 3.40. The zero-order valence-electron chi connectivity index (χ0n) is 13.7. The molecule has 1 atom stereocenters. The predicted molar refractivity (Wildman–Crippen MR) is 92.8 cm³/mol. The first-order valence-electron chi connectivity index (χ1n) is 8.72. The van der Waals surface area contributed by atoms with Crippen LogP contribution in [0.2, 0.25) is 0 Å². The Morgan fingerprint density at radius 1 is 1.17 bits per heavy atom. The second-order valence-corrected chi connectivity index (χ2v) is 6.63. The highest BCUT2D eigenvalue weighted by atomic mass is 16.2. The van der Waals surface area contributed by atoms with E-state index in [1.807, 2.05) is 24.3 Å². The summed E-state index contributed by atoms with van der Waals surface area (Å²) in [7, 11) is 0. The second-order valence-electron chi connectivity index (χ2n) is 6.63. The summed E-state index contributed by atoms with van der Waals surface area (Å²) in [5.74, 6) is 1.81. The lowest BCUT2D eigenvalue weighted by atomic mass is 10.1. The van der Waals surface area contributed by atoms with E-state index in [4.69, 9.17) is 4.98 Å². The third-order valence-corrected chi connectivity index (χ3v) is 4.67. The average Bonchev–Trinajstić information content (AvgIpc) is 3.27. The lowest BCUT2D eigenvalue weighted by molar-refractivity contribution is -0.122. The van der Waals surface area contributed by atoms with Gasteiger partial charge in [-0.3, -0.25) is 4.79 Å². The SMILES string of the molecule is O=C(NC1CC1)C1CCCN1c1ccnc(Cc2ccccc2)n1. The van der Waals surface area contributed by atoms with Crippen molar-refractivity contribution in [2.24, 2.45) is 0 Å². The van der Waals surface area contributed by atoms with Gasteiger partial charge >= 0.3 is 0 Å². The van der Waals surface area contributed by atoms with Crippen molar-refractivity contribution in [2.45, 2.75) is 44.2 Å². The summed E-state index contributed by atoms with van der Waals surface area (Å²) in [6, 6.07) is 12.4. The van der Waals surface area contributed by atoms with Gasteiger partial charge in [0.25, 0.3) is 0 Å². The standard InChI is InChI=1S/C19H22N4O/c24-19(21-15-8-9-15)16-7-4-12-23(16)18-10-11-20-17(22-18)13-14-5-2-1-3-6-14/h1-3,5-6,10-11,15-16H,4,7-9,12-13H2,(H,21,24). The number of nitrogens with zero attached hydrogens (tertiary/aromatic N) is 3. The highest BCUT2D eigenvalue weighted by molar-refractivity contribution is 5.86. The Kier molecular flexibility index (Phi) is 4.15. The molecule has 124 valence electrons. The number of hydrogen-bond acceptors (Lipinski definition) is 4. The van der Waals surface area contributed by atoms with Crippen molar-refractivity contribution in [1.29, 1.82) is 0 Å². The molecule has 2 aromatic rings. The molecule has 2 aliphatic rings. The minimum atomic E-state index is -0.0925. The van der Waals surface area contributed by atoms with Gasteiger partial charge in [-0.1, -0.05) is 30.3 Å². The van der Waals surface area contributed by atoms with Gasteiger partial charge in [-0.05, 0) is 37.3 Å². The minimum Gasteiger partial charge on any atom is -0.352 e. The first-order chi connectivity index (χ1) is 11.8. The molecule has 1 aliphatic carbocycles. The molecule has 5 nitrogen and oxygen atoms in total. The summed E-state index contributed by atoms with van der Waals surface area (Å²) in [4.78, 5) is 23.7. The fourth-order valence-electron chi connectivity index (χ4n) is 3.25. The van der Waals surface area contributed by atoms with E-state index in [1.54, 1.807) is 6.20 Å². The summed E-state index contributed by atoms with van der Waals surface area (Å²) in [5, 5.41) is 3.13. The first-order valence-corrected chi connectivity index (χ1v) is 8.72. The molecule has 0 bridgehead atoms. The summed E-state index contributed by atoms with van der Waals surface area (Å²) in [5.41, 5.74) is 1.19. The van der Waals surface area contributed by atoms with Crippen LogP contribution in [0.25, 0.3) is 0 Å². The normalized spacial score (nSPS) is 20.2. The number of benzene rings is 1. The van der Waals surface area contributed by atoms with Crippen molar-refractivity contribution < 1.29 is 4.79 Å². The van der Waals surface area contributed by atoms with E-state index in [0.29, 0.717) is 12.5 Å². The molecule has 1 N–H and O–H groups in total. The van der Waals surface area contributed by atoms with Crippen LogP contribution in [-0.4, -0.2) is 34.5 Å².